The molecular formula is C23H36O8S3. The largest absolute Gasteiger partial charge is 0.392 e. The highest BCUT2D eigenvalue weighted by Crippen LogP contribution is 2.47. The van der Waals surface area contributed by atoms with Crippen molar-refractivity contribution >= 4 is 41.1 Å². The number of methoxy groups -OCH3 is 1. The summed E-state index contributed by atoms with van der Waals surface area (Å²) in [5.41, 5.74) is 0. The van der Waals surface area contributed by atoms with E-state index in [1.807, 2.05) is 11.8 Å². The molecule has 0 bridgehead atoms. The van der Waals surface area contributed by atoms with Crippen LogP contribution in [-0.4, -0.2) is 110 Å². The van der Waals surface area contributed by atoms with Crippen molar-refractivity contribution in [2.24, 2.45) is 23.7 Å². The molecule has 0 amide bonds. The lowest BCUT2D eigenvalue weighted by molar-refractivity contribution is -0.235. The summed E-state index contributed by atoms with van der Waals surface area (Å²) < 4.78 is 35.9. The van der Waals surface area contributed by atoms with Crippen LogP contribution in [0.25, 0.3) is 0 Å². The Morgan fingerprint density at radius 2 is 1.44 bits per heavy atom. The van der Waals surface area contributed by atoms with Crippen molar-refractivity contribution in [2.75, 3.05) is 74.8 Å². The summed E-state index contributed by atoms with van der Waals surface area (Å²) in [6.07, 6.45) is 0.318. The van der Waals surface area contributed by atoms with Crippen molar-refractivity contribution in [3.05, 3.63) is 0 Å². The van der Waals surface area contributed by atoms with Crippen LogP contribution in [0.2, 0.25) is 0 Å². The number of thioether (sulfide) groups is 3. The first-order chi connectivity index (χ1) is 16.6. The van der Waals surface area contributed by atoms with E-state index in [0.29, 0.717) is 37.9 Å². The van der Waals surface area contributed by atoms with Crippen molar-refractivity contribution in [3.63, 3.8) is 0 Å². The Labute approximate surface area is 214 Å². The van der Waals surface area contributed by atoms with Gasteiger partial charge in [-0.25, -0.2) is 0 Å². The summed E-state index contributed by atoms with van der Waals surface area (Å²) >= 11 is 5.36. The number of hydrogen-bond donors (Lipinski definition) is 1. The first-order valence-corrected chi connectivity index (χ1v) is 15.7. The van der Waals surface area contributed by atoms with Gasteiger partial charge in [-0.15, -0.1) is 0 Å². The first kappa shape index (κ1) is 26.1. The summed E-state index contributed by atoms with van der Waals surface area (Å²) in [6.45, 7) is 2.31. The molecular weight excluding hydrogens is 500 g/mol. The van der Waals surface area contributed by atoms with Gasteiger partial charge in [0.1, 0.15) is 12.6 Å². The van der Waals surface area contributed by atoms with Crippen LogP contribution in [-0.2, 0) is 33.2 Å². The molecule has 5 heterocycles. The molecule has 6 atom stereocenters. The van der Waals surface area contributed by atoms with E-state index in [1.165, 1.54) is 0 Å². The predicted molar refractivity (Wildman–Crippen MR) is 132 cm³/mol. The molecule has 0 aliphatic carbocycles. The highest BCUT2D eigenvalue weighted by Gasteiger charge is 2.56. The number of ketones is 1. The van der Waals surface area contributed by atoms with Crippen molar-refractivity contribution in [3.8, 4) is 0 Å². The minimum absolute atomic E-state index is 0.0693. The van der Waals surface area contributed by atoms with E-state index in [0.717, 1.165) is 35.9 Å². The maximum atomic E-state index is 14.0. The fourth-order valence-corrected chi connectivity index (χ4v) is 10.0. The van der Waals surface area contributed by atoms with E-state index < -0.39 is 29.7 Å². The van der Waals surface area contributed by atoms with Crippen LogP contribution in [0.3, 0.4) is 0 Å². The van der Waals surface area contributed by atoms with Crippen LogP contribution in [0.15, 0.2) is 0 Å². The molecule has 0 aromatic rings. The van der Waals surface area contributed by atoms with Crippen LogP contribution >= 0.6 is 35.3 Å². The molecule has 5 fully saturated rings. The zero-order chi connectivity index (χ0) is 23.6. The fraction of sp³-hybridized carbons (Fsp3) is 0.957. The summed E-state index contributed by atoms with van der Waals surface area (Å²) in [4.78, 5) is 14.0. The van der Waals surface area contributed by atoms with E-state index in [1.54, 1.807) is 30.6 Å². The minimum Gasteiger partial charge on any atom is -0.392 e. The van der Waals surface area contributed by atoms with Gasteiger partial charge in [0.05, 0.1) is 50.5 Å². The summed E-state index contributed by atoms with van der Waals surface area (Å²) in [7, 11) is 1.59. The molecule has 0 aromatic heterocycles. The molecule has 2 spiro atoms. The Morgan fingerprint density at radius 1 is 0.882 bits per heavy atom. The van der Waals surface area contributed by atoms with Crippen LogP contribution in [0, 0.1) is 23.7 Å². The predicted octanol–water partition coefficient (Wildman–Crippen LogP) is 1.88. The van der Waals surface area contributed by atoms with E-state index in [-0.39, 0.29) is 30.3 Å². The molecule has 5 aliphatic heterocycles. The van der Waals surface area contributed by atoms with Crippen LogP contribution in [0.1, 0.15) is 12.8 Å². The molecule has 1 unspecified atom stereocenters. The van der Waals surface area contributed by atoms with Gasteiger partial charge in [-0.1, -0.05) is 0 Å². The Balaban J connectivity index is 1.37. The topological polar surface area (TPSA) is 92.7 Å². The van der Waals surface area contributed by atoms with E-state index >= 15 is 0 Å². The molecule has 5 aliphatic rings. The van der Waals surface area contributed by atoms with Gasteiger partial charge < -0.3 is 33.5 Å². The standard InChI is InChI=1S/C23H36O8S3/c1-26-14-27-21(18-13-33-9-3-23(18)30-6-7-31-23)16-11-34-10-15(19(16)24)20(25)17-12-32-8-2-22(17)28-4-5-29-22/h15-18,20-21,25H,2-14H2,1H3/t15-,16-,17+,18-,20+,21?/m0/s1. The number of aliphatic hydroxyl groups is 1. The number of carbonyl (C=O) groups excluding carboxylic acids is 1. The number of hydrogen-bond acceptors (Lipinski definition) is 11. The summed E-state index contributed by atoms with van der Waals surface area (Å²) in [5.74, 6) is 2.16. The second kappa shape index (κ2) is 11.4. The van der Waals surface area contributed by atoms with Gasteiger partial charge in [-0.3, -0.25) is 4.79 Å². The third-order valence-corrected chi connectivity index (χ3v) is 11.2. The van der Waals surface area contributed by atoms with E-state index in [4.69, 9.17) is 28.4 Å². The van der Waals surface area contributed by atoms with Crippen molar-refractivity contribution < 1.29 is 38.3 Å². The number of carbonyl (C=O) groups is 1. The quantitative estimate of drug-likeness (QED) is 0.484. The number of Topliss-reactive ketones (excluding diaryl/α,β-unsaturated/α-hetero) is 1. The molecule has 194 valence electrons. The molecule has 0 aromatic carbocycles. The van der Waals surface area contributed by atoms with Crippen molar-refractivity contribution in [1.29, 1.82) is 0 Å². The number of ether oxygens (including phenoxy) is 6. The van der Waals surface area contributed by atoms with Gasteiger partial charge in [0.2, 0.25) is 0 Å². The number of rotatable bonds is 7. The van der Waals surface area contributed by atoms with E-state index in [9.17, 15) is 9.90 Å². The zero-order valence-corrected chi connectivity index (χ0v) is 22.1. The lowest BCUT2D eigenvalue weighted by atomic mass is 9.76. The molecule has 5 rings (SSSR count). The fourth-order valence-electron chi connectivity index (χ4n) is 6.06. The molecule has 1 N–H and O–H groups in total. The minimum atomic E-state index is -0.814. The van der Waals surface area contributed by atoms with Gasteiger partial charge in [0.15, 0.2) is 11.6 Å². The molecule has 0 saturated carbocycles. The maximum absolute atomic E-state index is 14.0. The van der Waals surface area contributed by atoms with Gasteiger partial charge in [0, 0.05) is 54.8 Å². The molecule has 11 heteroatoms. The third kappa shape index (κ3) is 4.96. The molecule has 34 heavy (non-hydrogen) atoms. The van der Waals surface area contributed by atoms with Gasteiger partial charge in [-0.2, -0.15) is 35.3 Å². The Hall–Kier alpha value is 0.440. The smallest absolute Gasteiger partial charge is 0.175 e. The van der Waals surface area contributed by atoms with Crippen LogP contribution in [0.5, 0.6) is 0 Å². The average Bonchev–Trinajstić information content (AvgIpc) is 3.52. The maximum Gasteiger partial charge on any atom is 0.175 e. The van der Waals surface area contributed by atoms with Gasteiger partial charge >= 0.3 is 0 Å². The average molecular weight is 537 g/mol. The monoisotopic (exact) mass is 536 g/mol. The normalized spacial score (nSPS) is 37.3. The van der Waals surface area contributed by atoms with Crippen molar-refractivity contribution in [2.45, 2.75) is 36.6 Å². The third-order valence-electron chi connectivity index (χ3n) is 7.79. The van der Waals surface area contributed by atoms with Gasteiger partial charge in [0.25, 0.3) is 0 Å². The summed E-state index contributed by atoms with van der Waals surface area (Å²) in [5, 5.41) is 11.6. The summed E-state index contributed by atoms with van der Waals surface area (Å²) in [6, 6.07) is 0. The first-order valence-electron chi connectivity index (χ1n) is 12.2. The highest BCUT2D eigenvalue weighted by molar-refractivity contribution is 7.99. The second-order valence-electron chi connectivity index (χ2n) is 9.56. The highest BCUT2D eigenvalue weighted by atomic mass is 32.2. The van der Waals surface area contributed by atoms with Crippen molar-refractivity contribution in [1.82, 2.24) is 0 Å². The number of aliphatic hydroxyl groups excluding tert-OH is 1. The lowest BCUT2D eigenvalue weighted by Crippen LogP contribution is -2.58. The Bertz CT molecular complexity index is 700. The lowest BCUT2D eigenvalue weighted by Gasteiger charge is -2.47. The Morgan fingerprint density at radius 3 is 2.06 bits per heavy atom. The molecule has 5 saturated heterocycles. The zero-order valence-electron chi connectivity index (χ0n) is 19.7. The van der Waals surface area contributed by atoms with Crippen LogP contribution < -0.4 is 0 Å². The van der Waals surface area contributed by atoms with E-state index in [2.05, 4.69) is 0 Å². The molecule has 0 radical (unpaired) electrons. The van der Waals surface area contributed by atoms with Gasteiger partial charge in [-0.05, 0) is 11.5 Å². The van der Waals surface area contributed by atoms with Crippen LogP contribution in [0.4, 0.5) is 0 Å². The molecule has 8 nitrogen and oxygen atoms in total. The Kier molecular flexibility index (Phi) is 8.78. The second-order valence-corrected chi connectivity index (χ2v) is 12.9. The SMILES string of the molecule is COCOC([C@H]1CSC[C@H]([C@@H](O)[C@H]2CSCCC23OCCO3)C1=O)[C@@H]1CSCCC12OCCO2.